The zero-order chi connectivity index (χ0) is 17.5. The third-order valence-corrected chi connectivity index (χ3v) is 6.07. The molecule has 24 heavy (non-hydrogen) atoms. The first kappa shape index (κ1) is 16.7. The van der Waals surface area contributed by atoms with Crippen molar-refractivity contribution >= 4 is 15.9 Å². The predicted molar refractivity (Wildman–Crippen MR) is 91.9 cm³/mol. The van der Waals surface area contributed by atoms with E-state index in [9.17, 15) is 13.2 Å². The van der Waals surface area contributed by atoms with Crippen molar-refractivity contribution in [2.24, 2.45) is 0 Å². The fourth-order valence-corrected chi connectivity index (χ4v) is 4.54. The number of aryl methyl sites for hydroxylation is 1. The molecule has 1 aliphatic heterocycles. The van der Waals surface area contributed by atoms with E-state index >= 15 is 0 Å². The average molecular weight is 344 g/mol. The highest BCUT2D eigenvalue weighted by atomic mass is 32.2. The number of nitrogens with zero attached hydrogens (tertiary/aromatic N) is 2. The molecule has 0 saturated carbocycles. The van der Waals surface area contributed by atoms with Gasteiger partial charge in [0.2, 0.25) is 15.9 Å². The molecule has 3 rings (SSSR count). The number of benzene rings is 2. The second kappa shape index (κ2) is 6.03. The van der Waals surface area contributed by atoms with Crippen molar-refractivity contribution in [1.29, 1.82) is 0 Å². The van der Waals surface area contributed by atoms with E-state index in [1.165, 1.54) is 9.21 Å². The molecule has 1 heterocycles. The lowest BCUT2D eigenvalue weighted by Gasteiger charge is -2.10. The Hall–Kier alpha value is -2.18. The molecule has 1 amide bonds. The SMILES string of the molecule is Cc1ccc(S(=O)(=O)N2C(C(=O)N(C)C)C2c2ccccc2)cc1. The number of sulfonamides is 1. The Bertz CT molecular complexity index is 846. The molecule has 0 radical (unpaired) electrons. The highest BCUT2D eigenvalue weighted by Gasteiger charge is 2.60. The topological polar surface area (TPSA) is 57.5 Å². The molecule has 0 bridgehead atoms. The van der Waals surface area contributed by atoms with Gasteiger partial charge in [0.1, 0.15) is 6.04 Å². The lowest BCUT2D eigenvalue weighted by Crippen LogP contribution is -2.30. The van der Waals surface area contributed by atoms with Crippen molar-refractivity contribution in [1.82, 2.24) is 9.21 Å². The Morgan fingerprint density at radius 2 is 1.58 bits per heavy atom. The highest BCUT2D eigenvalue weighted by Crippen LogP contribution is 2.48. The van der Waals surface area contributed by atoms with Crippen LogP contribution in [0.15, 0.2) is 59.5 Å². The van der Waals surface area contributed by atoms with Crippen LogP contribution >= 0.6 is 0 Å². The molecule has 0 spiro atoms. The molecule has 1 fully saturated rings. The number of carbonyl (C=O) groups is 1. The van der Waals surface area contributed by atoms with Crippen LogP contribution in [-0.4, -0.2) is 43.7 Å². The van der Waals surface area contributed by atoms with Crippen LogP contribution < -0.4 is 0 Å². The Morgan fingerprint density at radius 3 is 2.12 bits per heavy atom. The normalized spacial score (nSPS) is 22.9. The molecule has 6 heteroatoms. The Balaban J connectivity index is 2.00. The quantitative estimate of drug-likeness (QED) is 0.799. The molecule has 0 N–H and O–H groups in total. The molecular formula is C18H20N2O3S. The van der Waals surface area contributed by atoms with Crippen LogP contribution in [0.4, 0.5) is 0 Å². The first-order valence-electron chi connectivity index (χ1n) is 7.70. The summed E-state index contributed by atoms with van der Waals surface area (Å²) in [5, 5.41) is 0. The molecule has 1 saturated heterocycles. The van der Waals surface area contributed by atoms with Gasteiger partial charge in [-0.3, -0.25) is 4.79 Å². The maximum atomic E-state index is 13.0. The van der Waals surface area contributed by atoms with Gasteiger partial charge in [-0.05, 0) is 24.6 Å². The van der Waals surface area contributed by atoms with Crippen molar-refractivity contribution in [3.05, 3.63) is 65.7 Å². The second-order valence-corrected chi connectivity index (χ2v) is 8.02. The first-order chi connectivity index (χ1) is 11.3. The molecule has 2 aromatic carbocycles. The first-order valence-corrected chi connectivity index (χ1v) is 9.14. The van der Waals surface area contributed by atoms with Gasteiger partial charge in [0, 0.05) is 14.1 Å². The molecule has 3 unspecified atom stereocenters. The van der Waals surface area contributed by atoms with Crippen molar-refractivity contribution in [2.75, 3.05) is 14.1 Å². The molecule has 1 aliphatic rings. The third kappa shape index (κ3) is 2.83. The smallest absolute Gasteiger partial charge is 0.244 e. The van der Waals surface area contributed by atoms with Crippen molar-refractivity contribution in [3.8, 4) is 0 Å². The summed E-state index contributed by atoms with van der Waals surface area (Å²) in [6, 6.07) is 14.8. The molecule has 126 valence electrons. The zero-order valence-electron chi connectivity index (χ0n) is 13.9. The van der Waals surface area contributed by atoms with E-state index in [0.29, 0.717) is 0 Å². The standard InChI is InChI=1S/C18H20N2O3S/c1-13-9-11-15(12-10-13)24(22,23)20-16(14-7-5-4-6-8-14)17(20)18(21)19(2)3/h4-12,16-17H,1-3H3. The number of hydrogen-bond donors (Lipinski definition) is 0. The largest absolute Gasteiger partial charge is 0.347 e. The van der Waals surface area contributed by atoms with Gasteiger partial charge in [-0.2, -0.15) is 4.31 Å². The lowest BCUT2D eigenvalue weighted by molar-refractivity contribution is -0.128. The molecule has 5 nitrogen and oxygen atoms in total. The number of carbonyl (C=O) groups excluding carboxylic acids is 1. The van der Waals surface area contributed by atoms with Gasteiger partial charge in [-0.1, -0.05) is 48.0 Å². The van der Waals surface area contributed by atoms with Crippen LogP contribution in [0.5, 0.6) is 0 Å². The highest BCUT2D eigenvalue weighted by molar-refractivity contribution is 7.89. The minimum atomic E-state index is -3.72. The maximum Gasteiger partial charge on any atom is 0.244 e. The third-order valence-electron chi connectivity index (χ3n) is 4.19. The van der Waals surface area contributed by atoms with Crippen molar-refractivity contribution in [2.45, 2.75) is 23.9 Å². The van der Waals surface area contributed by atoms with E-state index in [2.05, 4.69) is 0 Å². The minimum absolute atomic E-state index is 0.209. The Labute approximate surface area is 142 Å². The van der Waals surface area contributed by atoms with E-state index in [0.717, 1.165) is 11.1 Å². The lowest BCUT2D eigenvalue weighted by atomic mass is 10.1. The van der Waals surface area contributed by atoms with E-state index in [1.807, 2.05) is 37.3 Å². The number of rotatable bonds is 4. The predicted octanol–water partition coefficient (Wildman–Crippen LogP) is 2.20. The van der Waals surface area contributed by atoms with E-state index in [4.69, 9.17) is 0 Å². The Morgan fingerprint density at radius 1 is 1.00 bits per heavy atom. The minimum Gasteiger partial charge on any atom is -0.347 e. The molecule has 3 atom stereocenters. The van der Waals surface area contributed by atoms with Gasteiger partial charge < -0.3 is 4.90 Å². The summed E-state index contributed by atoms with van der Waals surface area (Å²) >= 11 is 0. The van der Waals surface area contributed by atoms with E-state index in [-0.39, 0.29) is 10.8 Å². The van der Waals surface area contributed by atoms with Crippen molar-refractivity contribution in [3.63, 3.8) is 0 Å². The molecule has 2 aromatic rings. The zero-order valence-corrected chi connectivity index (χ0v) is 14.7. The van der Waals surface area contributed by atoms with Crippen LogP contribution in [0.2, 0.25) is 0 Å². The summed E-state index contributed by atoms with van der Waals surface area (Å²) in [6.45, 7) is 1.90. The maximum absolute atomic E-state index is 13.0. The van der Waals surface area contributed by atoms with Gasteiger partial charge in [-0.25, -0.2) is 8.42 Å². The summed E-state index contributed by atoms with van der Waals surface area (Å²) in [7, 11) is -0.445. The molecule has 0 aliphatic carbocycles. The molecular weight excluding hydrogens is 324 g/mol. The van der Waals surface area contributed by atoms with Crippen LogP contribution in [-0.2, 0) is 14.8 Å². The summed E-state index contributed by atoms with van der Waals surface area (Å²) in [5.41, 5.74) is 1.81. The van der Waals surface area contributed by atoms with Gasteiger partial charge in [0.25, 0.3) is 0 Å². The van der Waals surface area contributed by atoms with Crippen LogP contribution in [0.25, 0.3) is 0 Å². The fourth-order valence-electron chi connectivity index (χ4n) is 2.83. The Kier molecular flexibility index (Phi) is 4.19. The monoisotopic (exact) mass is 344 g/mol. The van der Waals surface area contributed by atoms with Gasteiger partial charge in [-0.15, -0.1) is 0 Å². The van der Waals surface area contributed by atoms with E-state index in [1.54, 1.807) is 38.4 Å². The molecule has 0 aromatic heterocycles. The van der Waals surface area contributed by atoms with Gasteiger partial charge >= 0.3 is 0 Å². The van der Waals surface area contributed by atoms with Gasteiger partial charge in [0.15, 0.2) is 0 Å². The summed E-state index contributed by atoms with van der Waals surface area (Å²) < 4.78 is 27.3. The number of hydrogen-bond acceptors (Lipinski definition) is 3. The van der Waals surface area contributed by atoms with Crippen LogP contribution in [0, 0.1) is 6.92 Å². The number of likely N-dealkylation sites (N-methyl/N-ethyl adjacent to an activating group) is 1. The summed E-state index contributed by atoms with van der Waals surface area (Å²) in [5.74, 6) is -0.209. The second-order valence-electron chi connectivity index (χ2n) is 6.18. The van der Waals surface area contributed by atoms with Crippen LogP contribution in [0.1, 0.15) is 17.2 Å². The van der Waals surface area contributed by atoms with E-state index < -0.39 is 22.1 Å². The number of amides is 1. The average Bonchev–Trinajstić information content (AvgIpc) is 3.31. The van der Waals surface area contributed by atoms with Crippen molar-refractivity contribution < 1.29 is 13.2 Å². The van der Waals surface area contributed by atoms with Crippen LogP contribution in [0.3, 0.4) is 0 Å². The fraction of sp³-hybridized carbons (Fsp3) is 0.278. The summed E-state index contributed by atoms with van der Waals surface area (Å²) in [6.07, 6.45) is 0. The summed E-state index contributed by atoms with van der Waals surface area (Å²) in [4.78, 5) is 14.1. The van der Waals surface area contributed by atoms with Gasteiger partial charge in [0.05, 0.1) is 10.9 Å².